The maximum atomic E-state index is 2.33. The molecule has 0 unspecified atom stereocenters. The van der Waals surface area contributed by atoms with Gasteiger partial charge in [0.05, 0.1) is 0 Å². The van der Waals surface area contributed by atoms with Crippen LogP contribution in [0.25, 0.3) is 65.7 Å². The van der Waals surface area contributed by atoms with Gasteiger partial charge in [0.1, 0.15) is 0 Å². The van der Waals surface area contributed by atoms with Gasteiger partial charge in [0, 0.05) is 0 Å². The summed E-state index contributed by atoms with van der Waals surface area (Å²) in [5, 5.41) is 7.72. The molecule has 0 aliphatic rings. The van der Waals surface area contributed by atoms with Gasteiger partial charge in [0.15, 0.2) is 0 Å². The summed E-state index contributed by atoms with van der Waals surface area (Å²) in [5.74, 6) is 0. The molecule has 0 aliphatic carbocycles. The van der Waals surface area contributed by atoms with E-state index in [0.717, 1.165) is 0 Å². The summed E-state index contributed by atoms with van der Waals surface area (Å²) in [6.07, 6.45) is 0. The molecule has 0 spiro atoms. The fraction of sp³-hybridized carbons (Fsp3) is 0. The maximum Gasteiger partial charge on any atom is -0.00988 e. The molecule has 0 heteroatoms. The van der Waals surface area contributed by atoms with E-state index in [9.17, 15) is 0 Å². The molecule has 0 bridgehead atoms. The Kier molecular flexibility index (Phi) is 4.89. The molecule has 0 heterocycles. The lowest BCUT2D eigenvalue weighted by Crippen LogP contribution is -1.86. The Hall–Kier alpha value is -4.68. The topological polar surface area (TPSA) is 0 Å². The molecule has 36 heavy (non-hydrogen) atoms. The van der Waals surface area contributed by atoms with E-state index in [2.05, 4.69) is 146 Å². The molecule has 0 aromatic heterocycles. The van der Waals surface area contributed by atoms with Crippen molar-refractivity contribution in [3.8, 4) is 33.4 Å². The van der Waals surface area contributed by atoms with Crippen molar-refractivity contribution >= 4 is 32.3 Å². The van der Waals surface area contributed by atoms with Crippen LogP contribution in [0.3, 0.4) is 0 Å². The van der Waals surface area contributed by atoms with Gasteiger partial charge in [0.2, 0.25) is 0 Å². The second-order valence-corrected chi connectivity index (χ2v) is 9.41. The van der Waals surface area contributed by atoms with E-state index in [4.69, 9.17) is 0 Å². The minimum Gasteiger partial charge on any atom is -0.0616 e. The number of hydrogen-bond donors (Lipinski definition) is 0. The standard InChI is InChI=1S/C36H24/c1-2-9-28-22-30(21-20-25(28)8-1)27-18-16-26(17-19-27)29-11-7-12-31(23-29)36-24-32-10-3-4-13-33(32)34-14-5-6-15-35(34)36/h1-24H. The quantitative estimate of drug-likeness (QED) is 0.232. The summed E-state index contributed by atoms with van der Waals surface area (Å²) in [7, 11) is 0. The summed E-state index contributed by atoms with van der Waals surface area (Å²) >= 11 is 0. The summed E-state index contributed by atoms with van der Waals surface area (Å²) in [4.78, 5) is 0. The van der Waals surface area contributed by atoms with Gasteiger partial charge in [-0.2, -0.15) is 0 Å². The van der Waals surface area contributed by atoms with Crippen molar-refractivity contribution < 1.29 is 0 Å². The van der Waals surface area contributed by atoms with Crippen LogP contribution in [0.4, 0.5) is 0 Å². The Morgan fingerprint density at radius 2 is 0.806 bits per heavy atom. The van der Waals surface area contributed by atoms with Gasteiger partial charge in [-0.1, -0.05) is 127 Å². The van der Waals surface area contributed by atoms with E-state index in [0.29, 0.717) is 0 Å². The second kappa shape index (κ2) is 8.52. The van der Waals surface area contributed by atoms with Crippen LogP contribution in [0.15, 0.2) is 146 Å². The summed E-state index contributed by atoms with van der Waals surface area (Å²) in [5.41, 5.74) is 7.46. The normalized spacial score (nSPS) is 11.3. The van der Waals surface area contributed by atoms with Crippen LogP contribution in [0.2, 0.25) is 0 Å². The fourth-order valence-corrected chi connectivity index (χ4v) is 5.38. The third-order valence-corrected chi connectivity index (χ3v) is 7.24. The van der Waals surface area contributed by atoms with Crippen molar-refractivity contribution in [3.63, 3.8) is 0 Å². The summed E-state index contributed by atoms with van der Waals surface area (Å²) < 4.78 is 0. The van der Waals surface area contributed by atoms with Crippen LogP contribution in [0.1, 0.15) is 0 Å². The van der Waals surface area contributed by atoms with Crippen molar-refractivity contribution in [1.82, 2.24) is 0 Å². The predicted molar refractivity (Wildman–Crippen MR) is 155 cm³/mol. The van der Waals surface area contributed by atoms with Crippen molar-refractivity contribution in [2.45, 2.75) is 0 Å². The molecule has 0 saturated carbocycles. The highest BCUT2D eigenvalue weighted by Crippen LogP contribution is 2.36. The average molecular weight is 457 g/mol. The van der Waals surface area contributed by atoms with Gasteiger partial charge in [-0.05, 0) is 83.9 Å². The van der Waals surface area contributed by atoms with Crippen LogP contribution in [0.5, 0.6) is 0 Å². The molecule has 0 fully saturated rings. The fourth-order valence-electron chi connectivity index (χ4n) is 5.38. The Morgan fingerprint density at radius 1 is 0.250 bits per heavy atom. The minimum absolute atomic E-state index is 1.23. The van der Waals surface area contributed by atoms with Crippen molar-refractivity contribution in [3.05, 3.63) is 146 Å². The van der Waals surface area contributed by atoms with Gasteiger partial charge in [-0.25, -0.2) is 0 Å². The van der Waals surface area contributed by atoms with Crippen LogP contribution in [-0.4, -0.2) is 0 Å². The zero-order valence-corrected chi connectivity index (χ0v) is 19.9. The lowest BCUT2D eigenvalue weighted by Gasteiger charge is -2.12. The number of fused-ring (bicyclic) bond motifs is 4. The Morgan fingerprint density at radius 3 is 1.58 bits per heavy atom. The molecule has 7 rings (SSSR count). The highest BCUT2D eigenvalue weighted by molar-refractivity contribution is 6.13. The lowest BCUT2D eigenvalue weighted by atomic mass is 9.91. The zero-order chi connectivity index (χ0) is 23.9. The number of benzene rings is 7. The highest BCUT2D eigenvalue weighted by atomic mass is 14.1. The number of rotatable bonds is 3. The highest BCUT2D eigenvalue weighted by Gasteiger charge is 2.09. The minimum atomic E-state index is 1.23. The second-order valence-electron chi connectivity index (χ2n) is 9.41. The van der Waals surface area contributed by atoms with Crippen LogP contribution >= 0.6 is 0 Å². The van der Waals surface area contributed by atoms with Gasteiger partial charge < -0.3 is 0 Å². The van der Waals surface area contributed by atoms with Crippen LogP contribution in [-0.2, 0) is 0 Å². The molecule has 0 aliphatic heterocycles. The van der Waals surface area contributed by atoms with Crippen molar-refractivity contribution in [2.75, 3.05) is 0 Å². The van der Waals surface area contributed by atoms with E-state index in [-0.39, 0.29) is 0 Å². The van der Waals surface area contributed by atoms with Gasteiger partial charge in [0.25, 0.3) is 0 Å². The SMILES string of the molecule is c1cc(-c2ccc(-c3ccc4ccccc4c3)cc2)cc(-c2cc3ccccc3c3ccccc23)c1. The smallest absolute Gasteiger partial charge is 0.00988 e. The van der Waals surface area contributed by atoms with E-state index >= 15 is 0 Å². The van der Waals surface area contributed by atoms with Crippen LogP contribution < -0.4 is 0 Å². The molecule has 0 atom stereocenters. The Bertz CT molecular complexity index is 1870. The molecule has 0 amide bonds. The first-order chi connectivity index (χ1) is 17.8. The first-order valence-electron chi connectivity index (χ1n) is 12.4. The van der Waals surface area contributed by atoms with Gasteiger partial charge in [-0.15, -0.1) is 0 Å². The molecule has 7 aromatic rings. The molecular weight excluding hydrogens is 432 g/mol. The Labute approximate surface area is 211 Å². The zero-order valence-electron chi connectivity index (χ0n) is 19.9. The first kappa shape index (κ1) is 20.7. The van der Waals surface area contributed by atoms with Gasteiger partial charge >= 0.3 is 0 Å². The summed E-state index contributed by atoms with van der Waals surface area (Å²) in [6, 6.07) is 52.8. The van der Waals surface area contributed by atoms with E-state index in [1.807, 2.05) is 0 Å². The molecule has 7 aromatic carbocycles. The van der Waals surface area contributed by atoms with Crippen molar-refractivity contribution in [1.29, 1.82) is 0 Å². The monoisotopic (exact) mass is 456 g/mol. The molecule has 0 nitrogen and oxygen atoms in total. The average Bonchev–Trinajstić information content (AvgIpc) is 2.96. The van der Waals surface area contributed by atoms with Gasteiger partial charge in [-0.3, -0.25) is 0 Å². The largest absolute Gasteiger partial charge is 0.0616 e. The van der Waals surface area contributed by atoms with E-state index < -0.39 is 0 Å². The third-order valence-electron chi connectivity index (χ3n) is 7.24. The van der Waals surface area contributed by atoms with E-state index in [1.165, 1.54) is 65.7 Å². The molecule has 0 N–H and O–H groups in total. The maximum absolute atomic E-state index is 2.33. The molecule has 168 valence electrons. The first-order valence-corrected chi connectivity index (χ1v) is 12.4. The lowest BCUT2D eigenvalue weighted by molar-refractivity contribution is 1.59. The third kappa shape index (κ3) is 3.56. The molecule has 0 radical (unpaired) electrons. The number of hydrogen-bond acceptors (Lipinski definition) is 0. The van der Waals surface area contributed by atoms with Crippen molar-refractivity contribution in [2.24, 2.45) is 0 Å². The molecule has 0 saturated heterocycles. The summed E-state index contributed by atoms with van der Waals surface area (Å²) in [6.45, 7) is 0. The molecular formula is C36H24. The van der Waals surface area contributed by atoms with E-state index in [1.54, 1.807) is 0 Å². The Balaban J connectivity index is 1.29. The predicted octanol–water partition coefficient (Wildman–Crippen LogP) is 10.1. The van der Waals surface area contributed by atoms with Crippen LogP contribution in [0, 0.1) is 0 Å².